The number of rotatable bonds is 2. The van der Waals surface area contributed by atoms with E-state index >= 15 is 0 Å². The maximum atomic E-state index is 13.1. The number of likely N-dealkylation sites (tertiary alicyclic amines) is 1. The number of pyridine rings is 1. The van der Waals surface area contributed by atoms with Crippen molar-refractivity contribution >= 4 is 17.5 Å². The summed E-state index contributed by atoms with van der Waals surface area (Å²) >= 11 is 0. The summed E-state index contributed by atoms with van der Waals surface area (Å²) in [6, 6.07) is 3.81. The van der Waals surface area contributed by atoms with Crippen molar-refractivity contribution in [1.29, 1.82) is 0 Å². The Kier molecular flexibility index (Phi) is 4.33. The van der Waals surface area contributed by atoms with Crippen LogP contribution in [0.4, 0.5) is 5.69 Å². The van der Waals surface area contributed by atoms with Crippen molar-refractivity contribution in [2.45, 2.75) is 45.4 Å². The standard InChI is InChI=1S/C21H27N3O2/c1-20(7-3-2-4-8-20)18(25)23-13-9-21(10-14-23)11-15-24(19(21)26)17-6-5-12-22-16-17/h2-3,5-6,12,16H,4,7-11,13-15H2,1H3. The van der Waals surface area contributed by atoms with Crippen LogP contribution in [-0.2, 0) is 9.59 Å². The van der Waals surface area contributed by atoms with E-state index in [4.69, 9.17) is 0 Å². The number of piperidine rings is 1. The zero-order valence-corrected chi connectivity index (χ0v) is 15.5. The van der Waals surface area contributed by atoms with Crippen LogP contribution in [0.15, 0.2) is 36.7 Å². The lowest BCUT2D eigenvalue weighted by Crippen LogP contribution is -2.50. The molecule has 0 N–H and O–H groups in total. The van der Waals surface area contributed by atoms with E-state index in [1.165, 1.54) is 0 Å². The first-order chi connectivity index (χ1) is 12.5. The Balaban J connectivity index is 1.43. The Hall–Kier alpha value is -2.17. The van der Waals surface area contributed by atoms with Gasteiger partial charge in [0.1, 0.15) is 0 Å². The van der Waals surface area contributed by atoms with Crippen molar-refractivity contribution in [2.24, 2.45) is 10.8 Å². The van der Waals surface area contributed by atoms with Gasteiger partial charge in [-0.05, 0) is 50.7 Å². The molecule has 1 spiro atoms. The highest BCUT2D eigenvalue weighted by Gasteiger charge is 2.50. The van der Waals surface area contributed by atoms with Crippen LogP contribution in [0, 0.1) is 10.8 Å². The van der Waals surface area contributed by atoms with Crippen LogP contribution in [0.3, 0.4) is 0 Å². The van der Waals surface area contributed by atoms with Crippen LogP contribution < -0.4 is 4.90 Å². The minimum absolute atomic E-state index is 0.212. The average molecular weight is 353 g/mol. The molecule has 1 aromatic rings. The largest absolute Gasteiger partial charge is 0.342 e. The van der Waals surface area contributed by atoms with Gasteiger partial charge in [0.25, 0.3) is 0 Å². The van der Waals surface area contributed by atoms with Gasteiger partial charge in [0, 0.05) is 25.8 Å². The minimum Gasteiger partial charge on any atom is -0.342 e. The van der Waals surface area contributed by atoms with Crippen molar-refractivity contribution in [3.8, 4) is 0 Å². The Bertz CT molecular complexity index is 722. The number of carbonyl (C=O) groups is 2. The number of aromatic nitrogens is 1. The molecule has 2 aliphatic heterocycles. The molecule has 138 valence electrons. The molecule has 5 heteroatoms. The maximum absolute atomic E-state index is 13.1. The molecule has 5 nitrogen and oxygen atoms in total. The minimum atomic E-state index is -0.292. The van der Waals surface area contributed by atoms with E-state index in [9.17, 15) is 9.59 Å². The molecule has 0 aromatic carbocycles. The first-order valence-electron chi connectivity index (χ1n) is 9.71. The molecule has 0 bridgehead atoms. The van der Waals surface area contributed by atoms with Gasteiger partial charge in [-0.2, -0.15) is 0 Å². The summed E-state index contributed by atoms with van der Waals surface area (Å²) in [6.07, 6.45) is 13.0. The highest BCUT2D eigenvalue weighted by Crippen LogP contribution is 2.44. The monoisotopic (exact) mass is 353 g/mol. The van der Waals surface area contributed by atoms with Crippen LogP contribution in [0.5, 0.6) is 0 Å². The van der Waals surface area contributed by atoms with Crippen LogP contribution >= 0.6 is 0 Å². The Morgan fingerprint density at radius 2 is 1.88 bits per heavy atom. The van der Waals surface area contributed by atoms with Crippen molar-refractivity contribution in [3.63, 3.8) is 0 Å². The molecule has 1 aliphatic carbocycles. The van der Waals surface area contributed by atoms with Crippen LogP contribution in [0.25, 0.3) is 0 Å². The SMILES string of the molecule is CC1(C(=O)N2CCC3(CC2)CCN(c2cccnc2)C3=O)CC=CCC1. The Labute approximate surface area is 155 Å². The van der Waals surface area contributed by atoms with E-state index in [-0.39, 0.29) is 22.6 Å². The van der Waals surface area contributed by atoms with Gasteiger partial charge in [0.2, 0.25) is 11.8 Å². The fraction of sp³-hybridized carbons (Fsp3) is 0.571. The fourth-order valence-corrected chi connectivity index (χ4v) is 4.72. The van der Waals surface area contributed by atoms with Gasteiger partial charge in [0.15, 0.2) is 0 Å². The molecule has 1 unspecified atom stereocenters. The molecule has 2 fully saturated rings. The topological polar surface area (TPSA) is 53.5 Å². The number of amides is 2. The first-order valence-corrected chi connectivity index (χ1v) is 9.71. The number of hydrogen-bond acceptors (Lipinski definition) is 3. The number of allylic oxidation sites excluding steroid dienone is 2. The number of nitrogens with zero attached hydrogens (tertiary/aromatic N) is 3. The molecule has 0 radical (unpaired) electrons. The van der Waals surface area contributed by atoms with Crippen molar-refractivity contribution in [3.05, 3.63) is 36.7 Å². The third kappa shape index (κ3) is 2.83. The van der Waals surface area contributed by atoms with Gasteiger partial charge in [-0.25, -0.2) is 0 Å². The predicted octanol–water partition coefficient (Wildman–Crippen LogP) is 3.17. The zero-order chi connectivity index (χ0) is 18.2. The van der Waals surface area contributed by atoms with Crippen LogP contribution in [-0.4, -0.2) is 41.3 Å². The average Bonchev–Trinajstić information content (AvgIpc) is 2.99. The van der Waals surface area contributed by atoms with Crippen LogP contribution in [0.1, 0.15) is 45.4 Å². The summed E-state index contributed by atoms with van der Waals surface area (Å²) in [6.45, 7) is 4.24. The molecule has 2 saturated heterocycles. The first kappa shape index (κ1) is 17.3. The summed E-state index contributed by atoms with van der Waals surface area (Å²) in [7, 11) is 0. The van der Waals surface area contributed by atoms with Gasteiger partial charge >= 0.3 is 0 Å². The van der Waals surface area contributed by atoms with E-state index in [0.29, 0.717) is 13.1 Å². The van der Waals surface area contributed by atoms with E-state index in [1.54, 1.807) is 12.4 Å². The highest BCUT2D eigenvalue weighted by molar-refractivity contribution is 6.00. The normalized spacial score (nSPS) is 28.0. The second-order valence-corrected chi connectivity index (χ2v) is 8.27. The van der Waals surface area contributed by atoms with Crippen molar-refractivity contribution < 1.29 is 9.59 Å². The third-order valence-electron chi connectivity index (χ3n) is 6.59. The van der Waals surface area contributed by atoms with Gasteiger partial charge in [-0.1, -0.05) is 19.1 Å². The van der Waals surface area contributed by atoms with E-state index in [0.717, 1.165) is 50.8 Å². The summed E-state index contributed by atoms with van der Waals surface area (Å²) in [5, 5.41) is 0. The van der Waals surface area contributed by atoms with Crippen molar-refractivity contribution in [1.82, 2.24) is 9.88 Å². The summed E-state index contributed by atoms with van der Waals surface area (Å²) < 4.78 is 0. The maximum Gasteiger partial charge on any atom is 0.233 e. The van der Waals surface area contributed by atoms with Gasteiger partial charge in [-0.3, -0.25) is 14.6 Å². The number of anilines is 1. The molecule has 1 aromatic heterocycles. The molecule has 3 aliphatic rings. The molecular formula is C21H27N3O2. The molecule has 26 heavy (non-hydrogen) atoms. The number of carbonyl (C=O) groups excluding carboxylic acids is 2. The second kappa shape index (κ2) is 6.53. The van der Waals surface area contributed by atoms with Crippen LogP contribution in [0.2, 0.25) is 0 Å². The second-order valence-electron chi connectivity index (χ2n) is 8.27. The Morgan fingerprint density at radius 3 is 2.54 bits per heavy atom. The summed E-state index contributed by atoms with van der Waals surface area (Å²) in [5.41, 5.74) is 0.329. The lowest BCUT2D eigenvalue weighted by Gasteiger charge is -2.42. The molecule has 4 rings (SSSR count). The Morgan fingerprint density at radius 1 is 1.12 bits per heavy atom. The molecular weight excluding hydrogens is 326 g/mol. The van der Waals surface area contributed by atoms with E-state index in [2.05, 4.69) is 24.1 Å². The lowest BCUT2D eigenvalue weighted by molar-refractivity contribution is -0.146. The molecule has 0 saturated carbocycles. The molecule has 1 atom stereocenters. The number of hydrogen-bond donors (Lipinski definition) is 0. The summed E-state index contributed by atoms with van der Waals surface area (Å²) in [5.74, 6) is 0.482. The fourth-order valence-electron chi connectivity index (χ4n) is 4.72. The van der Waals surface area contributed by atoms with Crippen molar-refractivity contribution in [2.75, 3.05) is 24.5 Å². The lowest BCUT2D eigenvalue weighted by atomic mass is 9.74. The van der Waals surface area contributed by atoms with E-state index in [1.807, 2.05) is 21.9 Å². The molecule has 2 amide bonds. The summed E-state index contributed by atoms with van der Waals surface area (Å²) in [4.78, 5) is 34.2. The van der Waals surface area contributed by atoms with E-state index < -0.39 is 0 Å². The predicted molar refractivity (Wildman–Crippen MR) is 101 cm³/mol. The third-order valence-corrected chi connectivity index (χ3v) is 6.59. The smallest absolute Gasteiger partial charge is 0.233 e. The molecule has 3 heterocycles. The van der Waals surface area contributed by atoms with Gasteiger partial charge in [-0.15, -0.1) is 0 Å². The van der Waals surface area contributed by atoms with Gasteiger partial charge in [0.05, 0.1) is 22.7 Å². The highest BCUT2D eigenvalue weighted by atomic mass is 16.2. The quantitative estimate of drug-likeness (QED) is 0.768. The van der Waals surface area contributed by atoms with Gasteiger partial charge < -0.3 is 9.80 Å². The zero-order valence-electron chi connectivity index (χ0n) is 15.5.